The minimum Gasteiger partial charge on any atom is -0.359 e. The van der Waals surface area contributed by atoms with Crippen LogP contribution in [0.2, 0.25) is 0 Å². The lowest BCUT2D eigenvalue weighted by Crippen LogP contribution is -2.33. The lowest BCUT2D eigenvalue weighted by Gasteiger charge is -2.18. The third kappa shape index (κ3) is 5.26. The minimum absolute atomic E-state index is 0.0304. The lowest BCUT2D eigenvalue weighted by molar-refractivity contribution is -0.0590. The van der Waals surface area contributed by atoms with Gasteiger partial charge in [-0.1, -0.05) is 0 Å². The first-order chi connectivity index (χ1) is 8.48. The number of aryl methyl sites for hydroxylation is 1. The van der Waals surface area contributed by atoms with Gasteiger partial charge in [0.2, 0.25) is 0 Å². The second-order valence-corrected chi connectivity index (χ2v) is 6.53. The van der Waals surface area contributed by atoms with E-state index in [1.54, 1.807) is 20.8 Å². The molecule has 0 saturated carbocycles. The molecular formula is C10H17N3O5S. The predicted octanol–water partition coefficient (Wildman–Crippen LogP) is 0.218. The van der Waals surface area contributed by atoms with Crippen LogP contribution >= 0.6 is 0 Å². The van der Waals surface area contributed by atoms with Gasteiger partial charge in [0.05, 0.1) is 11.9 Å². The summed E-state index contributed by atoms with van der Waals surface area (Å²) in [6, 6.07) is 0. The van der Waals surface area contributed by atoms with Crippen LogP contribution in [0.4, 0.5) is 0 Å². The van der Waals surface area contributed by atoms with Crippen LogP contribution in [-0.2, 0) is 22.0 Å². The molecule has 9 heteroatoms. The molecule has 0 radical (unpaired) electrons. The molecule has 8 nitrogen and oxygen atoms in total. The first kappa shape index (κ1) is 15.4. The summed E-state index contributed by atoms with van der Waals surface area (Å²) in [5.74, 6) is -0.929. The Morgan fingerprint density at radius 1 is 1.42 bits per heavy atom. The number of nitrogens with zero attached hydrogens (tertiary/aromatic N) is 2. The molecule has 0 aliphatic carbocycles. The van der Waals surface area contributed by atoms with E-state index in [0.29, 0.717) is 0 Å². The van der Waals surface area contributed by atoms with Crippen molar-refractivity contribution in [1.82, 2.24) is 15.3 Å². The fourth-order valence-electron chi connectivity index (χ4n) is 1.08. The minimum atomic E-state index is -3.76. The van der Waals surface area contributed by atoms with Crippen LogP contribution in [0, 0.1) is 0 Å². The van der Waals surface area contributed by atoms with E-state index >= 15 is 0 Å². The smallest absolute Gasteiger partial charge is 0.307 e. The molecule has 0 atom stereocenters. The van der Waals surface area contributed by atoms with Crippen LogP contribution in [-0.4, -0.2) is 36.0 Å². The van der Waals surface area contributed by atoms with Crippen molar-refractivity contribution in [3.63, 3.8) is 0 Å². The summed E-state index contributed by atoms with van der Waals surface area (Å²) in [7, 11) is -2.22. The molecule has 1 rings (SSSR count). The van der Waals surface area contributed by atoms with Crippen LogP contribution in [0.15, 0.2) is 6.20 Å². The first-order valence-corrected chi connectivity index (χ1v) is 7.21. The molecular weight excluding hydrogens is 274 g/mol. The van der Waals surface area contributed by atoms with E-state index in [-0.39, 0.29) is 11.4 Å². The molecule has 108 valence electrons. The van der Waals surface area contributed by atoms with Crippen molar-refractivity contribution in [3.05, 3.63) is 11.8 Å². The van der Waals surface area contributed by atoms with Crippen molar-refractivity contribution in [2.75, 3.05) is 6.26 Å². The number of rotatable bonds is 4. The Bertz CT molecular complexity index is 570. The summed E-state index contributed by atoms with van der Waals surface area (Å²) in [6.07, 6.45) is 2.21. The van der Waals surface area contributed by atoms with Crippen LogP contribution in [0.5, 0.6) is 5.88 Å². The number of amides is 1. The fourth-order valence-corrected chi connectivity index (χ4v) is 1.49. The predicted molar refractivity (Wildman–Crippen MR) is 67.0 cm³/mol. The molecule has 1 N–H and O–H groups in total. The van der Waals surface area contributed by atoms with Gasteiger partial charge in [0.15, 0.2) is 0 Å². The Morgan fingerprint density at radius 3 is 2.47 bits per heavy atom. The molecule has 19 heavy (non-hydrogen) atoms. The van der Waals surface area contributed by atoms with Crippen LogP contribution < -0.4 is 9.66 Å². The molecule has 1 amide bonds. The molecule has 0 fully saturated rings. The molecule has 0 saturated heterocycles. The maximum Gasteiger partial charge on any atom is 0.307 e. The fraction of sp³-hybridized carbons (Fsp3) is 0.600. The van der Waals surface area contributed by atoms with Gasteiger partial charge in [0, 0.05) is 13.2 Å². The number of carbonyl (C=O) groups is 1. The Labute approximate surface area is 111 Å². The molecule has 1 aromatic heterocycles. The van der Waals surface area contributed by atoms with E-state index in [1.807, 2.05) is 0 Å². The van der Waals surface area contributed by atoms with E-state index in [0.717, 1.165) is 6.26 Å². The molecule has 0 aliphatic rings. The summed E-state index contributed by atoms with van der Waals surface area (Å²) in [5.41, 5.74) is 1.61. The SMILES string of the molecule is Cn1cc(C(=O)NOC(C)(C)C)c(OS(C)(=O)=O)n1. The molecule has 1 aromatic rings. The zero-order valence-corrected chi connectivity index (χ0v) is 12.2. The van der Waals surface area contributed by atoms with Gasteiger partial charge in [-0.3, -0.25) is 14.3 Å². The number of aromatic nitrogens is 2. The van der Waals surface area contributed by atoms with E-state index in [4.69, 9.17) is 4.84 Å². The zero-order chi connectivity index (χ0) is 14.8. The van der Waals surface area contributed by atoms with Crippen LogP contribution in [0.25, 0.3) is 0 Å². The van der Waals surface area contributed by atoms with E-state index in [9.17, 15) is 13.2 Å². The highest BCUT2D eigenvalue weighted by Crippen LogP contribution is 2.17. The van der Waals surface area contributed by atoms with Crippen LogP contribution in [0.3, 0.4) is 0 Å². The molecule has 0 aromatic carbocycles. The highest BCUT2D eigenvalue weighted by atomic mass is 32.2. The van der Waals surface area contributed by atoms with Crippen LogP contribution in [0.1, 0.15) is 31.1 Å². The Morgan fingerprint density at radius 2 is 2.00 bits per heavy atom. The third-order valence-electron chi connectivity index (χ3n) is 1.72. The molecule has 0 aliphatic heterocycles. The number of hydrogen-bond donors (Lipinski definition) is 1. The van der Waals surface area contributed by atoms with Gasteiger partial charge in [-0.2, -0.15) is 8.42 Å². The number of hydrogen-bond acceptors (Lipinski definition) is 6. The Hall–Kier alpha value is -1.61. The quantitative estimate of drug-likeness (QED) is 0.629. The maximum absolute atomic E-state index is 11.8. The van der Waals surface area contributed by atoms with Crippen molar-refractivity contribution in [3.8, 4) is 5.88 Å². The topological polar surface area (TPSA) is 99.5 Å². The summed E-state index contributed by atoms with van der Waals surface area (Å²) in [5, 5.41) is 3.76. The third-order valence-corrected chi connectivity index (χ3v) is 2.18. The summed E-state index contributed by atoms with van der Waals surface area (Å²) >= 11 is 0. The lowest BCUT2D eigenvalue weighted by atomic mass is 10.2. The summed E-state index contributed by atoms with van der Waals surface area (Å²) < 4.78 is 28.0. The Balaban J connectivity index is 2.91. The summed E-state index contributed by atoms with van der Waals surface area (Å²) in [4.78, 5) is 16.9. The Kier molecular flexibility index (Phi) is 4.21. The number of hydroxylamine groups is 1. The van der Waals surface area contributed by atoms with Crippen molar-refractivity contribution in [2.24, 2.45) is 7.05 Å². The van der Waals surface area contributed by atoms with Gasteiger partial charge < -0.3 is 4.18 Å². The van der Waals surface area contributed by atoms with Gasteiger partial charge in [-0.15, -0.1) is 5.10 Å². The largest absolute Gasteiger partial charge is 0.359 e. The van der Waals surface area contributed by atoms with Crippen molar-refractivity contribution in [1.29, 1.82) is 0 Å². The number of nitrogens with one attached hydrogen (secondary N) is 1. The number of carbonyl (C=O) groups excluding carboxylic acids is 1. The second kappa shape index (κ2) is 5.17. The van der Waals surface area contributed by atoms with Gasteiger partial charge >= 0.3 is 10.1 Å². The van der Waals surface area contributed by atoms with Gasteiger partial charge in [-0.05, 0) is 20.8 Å². The molecule has 0 bridgehead atoms. The maximum atomic E-state index is 11.8. The molecule has 1 heterocycles. The molecule has 0 spiro atoms. The van der Waals surface area contributed by atoms with Crippen molar-refractivity contribution in [2.45, 2.75) is 26.4 Å². The zero-order valence-electron chi connectivity index (χ0n) is 11.4. The summed E-state index contributed by atoms with van der Waals surface area (Å²) in [6.45, 7) is 5.26. The van der Waals surface area contributed by atoms with E-state index in [2.05, 4.69) is 14.8 Å². The average Bonchev–Trinajstić information content (AvgIpc) is 2.52. The van der Waals surface area contributed by atoms with E-state index < -0.39 is 21.6 Å². The van der Waals surface area contributed by atoms with Crippen molar-refractivity contribution < 1.29 is 22.2 Å². The van der Waals surface area contributed by atoms with Gasteiger partial charge in [0.1, 0.15) is 5.56 Å². The highest BCUT2D eigenvalue weighted by molar-refractivity contribution is 7.86. The molecule has 0 unspecified atom stereocenters. The normalized spacial score (nSPS) is 12.3. The van der Waals surface area contributed by atoms with E-state index in [1.165, 1.54) is 17.9 Å². The van der Waals surface area contributed by atoms with Gasteiger partial charge in [0.25, 0.3) is 11.8 Å². The van der Waals surface area contributed by atoms with Crippen molar-refractivity contribution >= 4 is 16.0 Å². The van der Waals surface area contributed by atoms with Gasteiger partial charge in [-0.25, -0.2) is 5.48 Å². The first-order valence-electron chi connectivity index (χ1n) is 5.39. The second-order valence-electron chi connectivity index (χ2n) is 4.95. The average molecular weight is 291 g/mol. The monoisotopic (exact) mass is 291 g/mol. The highest BCUT2D eigenvalue weighted by Gasteiger charge is 2.22. The standard InChI is InChI=1S/C10H17N3O5S/c1-10(2,3)18-12-8(14)7-6-13(4)11-9(7)17-19(5,15)16/h6H,1-5H3,(H,12,14).